The second kappa shape index (κ2) is 6.55. The topological polar surface area (TPSA) is 49.6 Å². The SMILES string of the molecule is O=C(Nc1ccn2cc(-c3cccc(F)c3)nc2c1)N1CCCCC1. The standard InChI is InChI=1S/C19H19FN4O/c20-15-6-4-5-14(11-15)17-13-24-10-7-16(12-18(24)22-17)21-19(25)23-8-2-1-3-9-23/h4-7,10-13H,1-3,8-9H2,(H,21,25). The average Bonchev–Trinajstić information content (AvgIpc) is 3.06. The molecule has 2 aromatic heterocycles. The lowest BCUT2D eigenvalue weighted by Crippen LogP contribution is -2.38. The number of fused-ring (bicyclic) bond motifs is 1. The summed E-state index contributed by atoms with van der Waals surface area (Å²) >= 11 is 0. The normalized spacial score (nSPS) is 14.7. The lowest BCUT2D eigenvalue weighted by Gasteiger charge is -2.26. The number of piperidine rings is 1. The van der Waals surface area contributed by atoms with Crippen LogP contribution in [0.25, 0.3) is 16.9 Å². The molecular formula is C19H19FN4O. The summed E-state index contributed by atoms with van der Waals surface area (Å²) in [5.74, 6) is -0.288. The molecule has 3 heterocycles. The second-order valence-electron chi connectivity index (χ2n) is 6.30. The summed E-state index contributed by atoms with van der Waals surface area (Å²) in [7, 11) is 0. The Morgan fingerprint density at radius 1 is 1.12 bits per heavy atom. The average molecular weight is 338 g/mol. The van der Waals surface area contributed by atoms with Gasteiger partial charge in [-0.2, -0.15) is 0 Å². The zero-order chi connectivity index (χ0) is 17.2. The summed E-state index contributed by atoms with van der Waals surface area (Å²) in [5, 5.41) is 2.94. The summed E-state index contributed by atoms with van der Waals surface area (Å²) in [6.45, 7) is 1.61. The molecule has 0 saturated carbocycles. The summed E-state index contributed by atoms with van der Waals surface area (Å²) in [5.41, 5.74) is 2.83. The van der Waals surface area contributed by atoms with E-state index in [-0.39, 0.29) is 11.8 Å². The van der Waals surface area contributed by atoms with Crippen LogP contribution in [0.1, 0.15) is 19.3 Å². The number of rotatable bonds is 2. The molecule has 0 unspecified atom stereocenters. The molecule has 1 N–H and O–H groups in total. The molecule has 1 aromatic carbocycles. The van der Waals surface area contributed by atoms with Gasteiger partial charge in [0.05, 0.1) is 5.69 Å². The minimum absolute atomic E-state index is 0.0686. The second-order valence-corrected chi connectivity index (χ2v) is 6.30. The van der Waals surface area contributed by atoms with Crippen molar-refractivity contribution >= 4 is 17.4 Å². The third-order valence-electron chi connectivity index (χ3n) is 4.48. The molecule has 0 aliphatic carbocycles. The summed E-state index contributed by atoms with van der Waals surface area (Å²) in [6.07, 6.45) is 7.00. The Bertz CT molecular complexity index is 915. The highest BCUT2D eigenvalue weighted by Gasteiger charge is 2.16. The maximum Gasteiger partial charge on any atom is 0.321 e. The molecule has 1 aliphatic heterocycles. The molecular weight excluding hydrogens is 319 g/mol. The predicted octanol–water partition coefficient (Wildman–Crippen LogP) is 4.16. The molecule has 2 amide bonds. The smallest absolute Gasteiger partial charge is 0.321 e. The molecule has 4 rings (SSSR count). The number of aromatic nitrogens is 2. The zero-order valence-corrected chi connectivity index (χ0v) is 13.8. The number of halogens is 1. The van der Waals surface area contributed by atoms with Crippen molar-refractivity contribution in [3.63, 3.8) is 0 Å². The maximum absolute atomic E-state index is 13.4. The van der Waals surface area contributed by atoms with E-state index in [0.29, 0.717) is 17.0 Å². The molecule has 0 atom stereocenters. The molecule has 0 radical (unpaired) electrons. The van der Waals surface area contributed by atoms with Crippen LogP contribution in [0.2, 0.25) is 0 Å². The molecule has 0 spiro atoms. The number of anilines is 1. The first kappa shape index (κ1) is 15.6. The van der Waals surface area contributed by atoms with E-state index in [1.54, 1.807) is 6.07 Å². The molecule has 1 saturated heterocycles. The first-order chi connectivity index (χ1) is 12.2. The molecule has 5 nitrogen and oxygen atoms in total. The van der Waals surface area contributed by atoms with Crippen molar-refractivity contribution in [1.29, 1.82) is 0 Å². The van der Waals surface area contributed by atoms with E-state index in [9.17, 15) is 9.18 Å². The van der Waals surface area contributed by atoms with E-state index < -0.39 is 0 Å². The number of likely N-dealkylation sites (tertiary alicyclic amines) is 1. The van der Waals surface area contributed by atoms with Crippen LogP contribution in [0.5, 0.6) is 0 Å². The van der Waals surface area contributed by atoms with Crippen LogP contribution < -0.4 is 5.32 Å². The van der Waals surface area contributed by atoms with Gasteiger partial charge in [0.1, 0.15) is 11.5 Å². The van der Waals surface area contributed by atoms with Crippen molar-refractivity contribution in [1.82, 2.24) is 14.3 Å². The highest BCUT2D eigenvalue weighted by atomic mass is 19.1. The maximum atomic E-state index is 13.4. The Morgan fingerprint density at radius 2 is 1.96 bits per heavy atom. The van der Waals surface area contributed by atoms with Crippen LogP contribution in [0.3, 0.4) is 0 Å². The van der Waals surface area contributed by atoms with E-state index in [1.165, 1.54) is 18.6 Å². The first-order valence-corrected chi connectivity index (χ1v) is 8.50. The zero-order valence-electron chi connectivity index (χ0n) is 13.8. The fourth-order valence-electron chi connectivity index (χ4n) is 3.15. The minimum Gasteiger partial charge on any atom is -0.325 e. The van der Waals surface area contributed by atoms with Crippen LogP contribution in [-0.4, -0.2) is 33.4 Å². The number of carbonyl (C=O) groups excluding carboxylic acids is 1. The van der Waals surface area contributed by atoms with Gasteiger partial charge in [-0.25, -0.2) is 14.2 Å². The van der Waals surface area contributed by atoms with Crippen LogP contribution in [-0.2, 0) is 0 Å². The van der Waals surface area contributed by atoms with Crippen molar-refractivity contribution < 1.29 is 9.18 Å². The van der Waals surface area contributed by atoms with Crippen molar-refractivity contribution in [3.8, 4) is 11.3 Å². The number of imidazole rings is 1. The number of hydrogen-bond acceptors (Lipinski definition) is 2. The Labute approximate surface area is 145 Å². The predicted molar refractivity (Wildman–Crippen MR) is 95.0 cm³/mol. The van der Waals surface area contributed by atoms with E-state index in [1.807, 2.05) is 39.9 Å². The van der Waals surface area contributed by atoms with Gasteiger partial charge >= 0.3 is 6.03 Å². The Morgan fingerprint density at radius 3 is 2.76 bits per heavy atom. The molecule has 25 heavy (non-hydrogen) atoms. The highest BCUT2D eigenvalue weighted by Crippen LogP contribution is 2.22. The third-order valence-corrected chi connectivity index (χ3v) is 4.48. The molecule has 1 aliphatic rings. The van der Waals surface area contributed by atoms with Gasteiger partial charge in [0, 0.05) is 42.8 Å². The number of urea groups is 1. The molecule has 1 fully saturated rings. The van der Waals surface area contributed by atoms with Crippen molar-refractivity contribution in [2.75, 3.05) is 18.4 Å². The summed E-state index contributed by atoms with van der Waals surface area (Å²) in [4.78, 5) is 18.7. The van der Waals surface area contributed by atoms with Gasteiger partial charge < -0.3 is 14.6 Å². The van der Waals surface area contributed by atoms with Gasteiger partial charge in [-0.15, -0.1) is 0 Å². The van der Waals surface area contributed by atoms with E-state index in [2.05, 4.69) is 10.3 Å². The first-order valence-electron chi connectivity index (χ1n) is 8.50. The van der Waals surface area contributed by atoms with Crippen LogP contribution in [0, 0.1) is 5.82 Å². The number of carbonyl (C=O) groups is 1. The van der Waals surface area contributed by atoms with Gasteiger partial charge in [-0.05, 0) is 37.5 Å². The van der Waals surface area contributed by atoms with Crippen molar-refractivity contribution in [2.24, 2.45) is 0 Å². The monoisotopic (exact) mass is 338 g/mol. The fraction of sp³-hybridized carbons (Fsp3) is 0.263. The third kappa shape index (κ3) is 3.33. The molecule has 0 bridgehead atoms. The van der Waals surface area contributed by atoms with Gasteiger partial charge in [-0.3, -0.25) is 0 Å². The van der Waals surface area contributed by atoms with Gasteiger partial charge in [0.15, 0.2) is 0 Å². The van der Waals surface area contributed by atoms with Crippen molar-refractivity contribution in [2.45, 2.75) is 19.3 Å². The number of benzene rings is 1. The van der Waals surface area contributed by atoms with Crippen molar-refractivity contribution in [3.05, 3.63) is 54.6 Å². The Balaban J connectivity index is 1.56. The van der Waals surface area contributed by atoms with Crippen LogP contribution in [0.4, 0.5) is 14.9 Å². The Kier molecular flexibility index (Phi) is 4.09. The quantitative estimate of drug-likeness (QED) is 0.763. The van der Waals surface area contributed by atoms with Crippen LogP contribution >= 0.6 is 0 Å². The summed E-state index contributed by atoms with van der Waals surface area (Å²) < 4.78 is 15.3. The molecule has 3 aromatic rings. The minimum atomic E-state index is -0.288. The van der Waals surface area contributed by atoms with E-state index in [0.717, 1.165) is 31.5 Å². The number of nitrogens with zero attached hydrogens (tertiary/aromatic N) is 3. The van der Waals surface area contributed by atoms with Crippen LogP contribution in [0.15, 0.2) is 48.8 Å². The Hall–Kier alpha value is -2.89. The van der Waals surface area contributed by atoms with Gasteiger partial charge in [-0.1, -0.05) is 12.1 Å². The van der Waals surface area contributed by atoms with E-state index >= 15 is 0 Å². The summed E-state index contributed by atoms with van der Waals surface area (Å²) in [6, 6.07) is 9.95. The molecule has 128 valence electrons. The number of pyridine rings is 1. The van der Waals surface area contributed by atoms with Gasteiger partial charge in [0.2, 0.25) is 0 Å². The fourth-order valence-corrected chi connectivity index (χ4v) is 3.15. The molecule has 6 heteroatoms. The lowest BCUT2D eigenvalue weighted by atomic mass is 10.1. The van der Waals surface area contributed by atoms with Gasteiger partial charge in [0.25, 0.3) is 0 Å². The lowest BCUT2D eigenvalue weighted by molar-refractivity contribution is 0.200. The highest BCUT2D eigenvalue weighted by molar-refractivity contribution is 5.90. The number of hydrogen-bond donors (Lipinski definition) is 1. The van der Waals surface area contributed by atoms with E-state index in [4.69, 9.17) is 0 Å². The largest absolute Gasteiger partial charge is 0.325 e. The number of amides is 2. The number of nitrogens with one attached hydrogen (secondary N) is 1.